The molecule has 0 atom stereocenters. The van der Waals surface area contributed by atoms with E-state index in [1.165, 1.54) is 18.3 Å². The van der Waals surface area contributed by atoms with E-state index in [1.54, 1.807) is 0 Å². The lowest BCUT2D eigenvalue weighted by Gasteiger charge is -2.20. The number of nitrogens with one attached hydrogen (secondary N) is 2. The Hall–Kier alpha value is -2.38. The largest absolute Gasteiger partial charge is 0.416 e. The first-order valence-corrected chi connectivity index (χ1v) is 6.56. The zero-order valence-corrected chi connectivity index (χ0v) is 12.4. The summed E-state index contributed by atoms with van der Waals surface area (Å²) in [6, 6.07) is 4.62. The van der Waals surface area contributed by atoms with Crippen molar-refractivity contribution >= 4 is 17.5 Å². The summed E-state index contributed by atoms with van der Waals surface area (Å²) in [5, 5.41) is 13.6. The number of rotatable bonds is 3. The van der Waals surface area contributed by atoms with Crippen molar-refractivity contribution in [2.24, 2.45) is 0 Å². The van der Waals surface area contributed by atoms with Gasteiger partial charge in [0.1, 0.15) is 0 Å². The molecule has 0 aliphatic rings. The molecule has 0 saturated carbocycles. The molecule has 22 heavy (non-hydrogen) atoms. The molecule has 1 aromatic carbocycles. The third kappa shape index (κ3) is 4.57. The smallest absolute Gasteiger partial charge is 0.364 e. The van der Waals surface area contributed by atoms with E-state index in [1.807, 2.05) is 20.8 Å². The highest BCUT2D eigenvalue weighted by Crippen LogP contribution is 2.30. The molecule has 0 fully saturated rings. The lowest BCUT2D eigenvalue weighted by molar-refractivity contribution is -0.137. The third-order valence-electron chi connectivity index (χ3n) is 2.53. The van der Waals surface area contributed by atoms with Gasteiger partial charge in [0.15, 0.2) is 5.82 Å². The molecule has 2 N–H and O–H groups in total. The fourth-order valence-electron chi connectivity index (χ4n) is 1.67. The molecule has 0 aliphatic heterocycles. The molecular weight excluding hydrogens is 295 g/mol. The number of nitrogens with zero attached hydrogens (tertiary/aromatic N) is 3. The Morgan fingerprint density at radius 3 is 2.18 bits per heavy atom. The van der Waals surface area contributed by atoms with Crippen LogP contribution in [0.25, 0.3) is 0 Å². The summed E-state index contributed by atoms with van der Waals surface area (Å²) in [6.07, 6.45) is -2.88. The van der Waals surface area contributed by atoms with Gasteiger partial charge < -0.3 is 10.6 Å². The Bertz CT molecular complexity index is 632. The second-order valence-corrected chi connectivity index (χ2v) is 5.74. The Kier molecular flexibility index (Phi) is 4.20. The topological polar surface area (TPSA) is 62.7 Å². The standard InChI is InChI=1S/C14H16F3N5/c1-13(2,3)21-11-8-18-22-12(20-11)19-10-6-4-9(5-7-10)14(15,16)17/h4-8H,1-3H3,(H2,19,20,21,22). The van der Waals surface area contributed by atoms with E-state index in [0.29, 0.717) is 11.5 Å². The van der Waals surface area contributed by atoms with E-state index in [0.717, 1.165) is 12.1 Å². The van der Waals surface area contributed by atoms with Gasteiger partial charge in [-0.15, -0.1) is 5.10 Å². The molecule has 2 rings (SSSR count). The predicted molar refractivity (Wildman–Crippen MR) is 77.9 cm³/mol. The minimum atomic E-state index is -4.35. The third-order valence-corrected chi connectivity index (χ3v) is 2.53. The van der Waals surface area contributed by atoms with Crippen molar-refractivity contribution in [1.82, 2.24) is 15.2 Å². The van der Waals surface area contributed by atoms with Gasteiger partial charge in [-0.3, -0.25) is 0 Å². The van der Waals surface area contributed by atoms with Crippen molar-refractivity contribution in [3.05, 3.63) is 36.0 Å². The SMILES string of the molecule is CC(C)(C)Nc1cnnc(Nc2ccc(C(F)(F)F)cc2)n1. The molecule has 8 heteroatoms. The molecule has 0 aliphatic carbocycles. The van der Waals surface area contributed by atoms with E-state index in [9.17, 15) is 13.2 Å². The summed E-state index contributed by atoms with van der Waals surface area (Å²) >= 11 is 0. The van der Waals surface area contributed by atoms with Crippen LogP contribution in [-0.4, -0.2) is 20.7 Å². The van der Waals surface area contributed by atoms with Crippen LogP contribution in [0, 0.1) is 0 Å². The molecule has 0 unspecified atom stereocenters. The summed E-state index contributed by atoms with van der Waals surface area (Å²) in [6.45, 7) is 5.91. The average molecular weight is 311 g/mol. The molecule has 0 bridgehead atoms. The van der Waals surface area contributed by atoms with E-state index >= 15 is 0 Å². The maximum Gasteiger partial charge on any atom is 0.416 e. The van der Waals surface area contributed by atoms with Crippen LogP contribution in [0.2, 0.25) is 0 Å². The van der Waals surface area contributed by atoms with Crippen LogP contribution in [0.4, 0.5) is 30.6 Å². The normalized spacial score (nSPS) is 12.1. The fraction of sp³-hybridized carbons (Fsp3) is 0.357. The molecule has 1 aromatic heterocycles. The summed E-state index contributed by atoms with van der Waals surface area (Å²) < 4.78 is 37.5. The van der Waals surface area contributed by atoms with E-state index in [-0.39, 0.29) is 11.5 Å². The summed E-state index contributed by atoms with van der Waals surface area (Å²) in [5.74, 6) is 0.728. The molecule has 2 aromatic rings. The van der Waals surface area contributed by atoms with Gasteiger partial charge in [0.2, 0.25) is 5.95 Å². The minimum absolute atomic E-state index is 0.193. The van der Waals surface area contributed by atoms with Gasteiger partial charge in [0.25, 0.3) is 0 Å². The number of hydrogen-bond donors (Lipinski definition) is 2. The van der Waals surface area contributed by atoms with Crippen molar-refractivity contribution in [3.63, 3.8) is 0 Å². The highest BCUT2D eigenvalue weighted by Gasteiger charge is 2.29. The van der Waals surface area contributed by atoms with Gasteiger partial charge in [-0.05, 0) is 45.0 Å². The van der Waals surface area contributed by atoms with Gasteiger partial charge in [-0.2, -0.15) is 23.3 Å². The van der Waals surface area contributed by atoms with Crippen LogP contribution in [0.15, 0.2) is 30.5 Å². The van der Waals surface area contributed by atoms with Crippen molar-refractivity contribution in [2.45, 2.75) is 32.5 Å². The average Bonchev–Trinajstić information content (AvgIpc) is 2.36. The molecular formula is C14H16F3N5. The van der Waals surface area contributed by atoms with Crippen LogP contribution >= 0.6 is 0 Å². The summed E-state index contributed by atoms with van der Waals surface area (Å²) in [4.78, 5) is 4.21. The molecule has 5 nitrogen and oxygen atoms in total. The maximum atomic E-state index is 12.5. The Morgan fingerprint density at radius 2 is 1.64 bits per heavy atom. The van der Waals surface area contributed by atoms with Crippen LogP contribution in [-0.2, 0) is 6.18 Å². The Labute approximate surface area is 126 Å². The molecule has 1 heterocycles. The van der Waals surface area contributed by atoms with Crippen molar-refractivity contribution < 1.29 is 13.2 Å². The molecule has 0 spiro atoms. The van der Waals surface area contributed by atoms with Crippen LogP contribution < -0.4 is 10.6 Å². The summed E-state index contributed by atoms with van der Waals surface area (Å²) in [7, 11) is 0. The number of anilines is 3. The van der Waals surface area contributed by atoms with E-state index in [2.05, 4.69) is 25.8 Å². The van der Waals surface area contributed by atoms with Crippen molar-refractivity contribution in [3.8, 4) is 0 Å². The zero-order chi connectivity index (χ0) is 16.4. The number of benzene rings is 1. The monoisotopic (exact) mass is 311 g/mol. The number of aromatic nitrogens is 3. The van der Waals surface area contributed by atoms with Crippen LogP contribution in [0.1, 0.15) is 26.3 Å². The molecule has 0 saturated heterocycles. The number of halogens is 3. The van der Waals surface area contributed by atoms with E-state index in [4.69, 9.17) is 0 Å². The fourth-order valence-corrected chi connectivity index (χ4v) is 1.67. The lowest BCUT2D eigenvalue weighted by atomic mass is 10.1. The first kappa shape index (κ1) is 16.0. The van der Waals surface area contributed by atoms with Crippen LogP contribution in [0.3, 0.4) is 0 Å². The first-order chi connectivity index (χ1) is 10.1. The van der Waals surface area contributed by atoms with Gasteiger partial charge in [-0.25, -0.2) is 0 Å². The molecule has 0 radical (unpaired) electrons. The van der Waals surface area contributed by atoms with Gasteiger partial charge in [-0.1, -0.05) is 0 Å². The lowest BCUT2D eigenvalue weighted by Crippen LogP contribution is -2.27. The summed E-state index contributed by atoms with van der Waals surface area (Å²) in [5.41, 5.74) is -0.454. The molecule has 0 amide bonds. The second-order valence-electron chi connectivity index (χ2n) is 5.74. The number of alkyl halides is 3. The number of hydrogen-bond acceptors (Lipinski definition) is 5. The van der Waals surface area contributed by atoms with E-state index < -0.39 is 11.7 Å². The van der Waals surface area contributed by atoms with Crippen LogP contribution in [0.5, 0.6) is 0 Å². The van der Waals surface area contributed by atoms with Crippen molar-refractivity contribution in [2.75, 3.05) is 10.6 Å². The van der Waals surface area contributed by atoms with Gasteiger partial charge in [0, 0.05) is 11.2 Å². The predicted octanol–water partition coefficient (Wildman–Crippen LogP) is 3.84. The quantitative estimate of drug-likeness (QED) is 0.901. The Balaban J connectivity index is 2.12. The van der Waals surface area contributed by atoms with Crippen molar-refractivity contribution in [1.29, 1.82) is 0 Å². The maximum absolute atomic E-state index is 12.5. The first-order valence-electron chi connectivity index (χ1n) is 6.56. The zero-order valence-electron chi connectivity index (χ0n) is 12.4. The minimum Gasteiger partial charge on any atom is -0.364 e. The van der Waals surface area contributed by atoms with Gasteiger partial charge >= 0.3 is 6.18 Å². The highest BCUT2D eigenvalue weighted by atomic mass is 19.4. The van der Waals surface area contributed by atoms with Gasteiger partial charge in [0.05, 0.1) is 11.8 Å². The molecule has 118 valence electrons. The highest BCUT2D eigenvalue weighted by molar-refractivity contribution is 5.54. The second kappa shape index (κ2) is 5.78. The Morgan fingerprint density at radius 1 is 1.00 bits per heavy atom.